The second-order valence-electron chi connectivity index (χ2n) is 7.48. The minimum Gasteiger partial charge on any atom is -0.459 e. The molecule has 0 aliphatic carbocycles. The fraction of sp³-hybridized carbons (Fsp3) is 0.318. The zero-order valence-corrected chi connectivity index (χ0v) is 20.0. The third-order valence-corrected chi connectivity index (χ3v) is 7.59. The van der Waals surface area contributed by atoms with Crippen LogP contribution in [0.25, 0.3) is 5.65 Å². The van der Waals surface area contributed by atoms with Crippen molar-refractivity contribution in [3.63, 3.8) is 0 Å². The molecule has 0 bridgehead atoms. The predicted octanol–water partition coefficient (Wildman–Crippen LogP) is 2.15. The van der Waals surface area contributed by atoms with E-state index < -0.39 is 16.0 Å². The quantitative estimate of drug-likeness (QED) is 0.426. The maximum atomic E-state index is 12.7. The van der Waals surface area contributed by atoms with E-state index in [1.165, 1.54) is 14.8 Å². The highest BCUT2D eigenvalue weighted by atomic mass is 79.9. The summed E-state index contributed by atoms with van der Waals surface area (Å²) in [6, 6.07) is 11.3. The van der Waals surface area contributed by atoms with E-state index in [2.05, 4.69) is 20.9 Å². The van der Waals surface area contributed by atoms with Crippen molar-refractivity contribution in [2.24, 2.45) is 0 Å². The van der Waals surface area contributed by atoms with Crippen LogP contribution in [0.5, 0.6) is 0 Å². The lowest BCUT2D eigenvalue weighted by Crippen LogP contribution is -2.40. The summed E-state index contributed by atoms with van der Waals surface area (Å²) in [5.74, 6) is -0.433. The van der Waals surface area contributed by atoms with Crippen LogP contribution in [0.1, 0.15) is 17.7 Å². The van der Waals surface area contributed by atoms with E-state index in [1.54, 1.807) is 42.6 Å². The Balaban J connectivity index is 1.31. The predicted molar refractivity (Wildman–Crippen MR) is 123 cm³/mol. The number of sulfonamides is 1. The number of rotatable bonds is 7. The molecule has 0 atom stereocenters. The van der Waals surface area contributed by atoms with Gasteiger partial charge >= 0.3 is 5.97 Å². The zero-order valence-electron chi connectivity index (χ0n) is 17.6. The van der Waals surface area contributed by atoms with Crippen molar-refractivity contribution in [1.29, 1.82) is 0 Å². The van der Waals surface area contributed by atoms with Gasteiger partial charge < -0.3 is 9.47 Å². The van der Waals surface area contributed by atoms with Gasteiger partial charge in [0, 0.05) is 36.2 Å². The number of nitrogens with zero attached hydrogens (tertiary/aromatic N) is 3. The van der Waals surface area contributed by atoms with Crippen LogP contribution in [0.4, 0.5) is 0 Å². The molecule has 0 amide bonds. The molecule has 0 spiro atoms. The molecule has 174 valence electrons. The number of esters is 1. The van der Waals surface area contributed by atoms with Gasteiger partial charge in [-0.1, -0.05) is 12.1 Å². The van der Waals surface area contributed by atoms with Crippen LogP contribution in [0.3, 0.4) is 0 Å². The number of carbonyl (C=O) groups is 1. The number of halogens is 1. The monoisotopic (exact) mass is 535 g/mol. The Bertz CT molecular complexity index is 1320. The minimum atomic E-state index is -3.55. The van der Waals surface area contributed by atoms with Gasteiger partial charge in [0.2, 0.25) is 10.0 Å². The fourth-order valence-corrected chi connectivity index (χ4v) is 5.18. The van der Waals surface area contributed by atoms with E-state index >= 15 is 0 Å². The van der Waals surface area contributed by atoms with Crippen LogP contribution >= 0.6 is 15.9 Å². The van der Waals surface area contributed by atoms with Gasteiger partial charge in [-0.15, -0.1) is 0 Å². The highest BCUT2D eigenvalue weighted by Crippen LogP contribution is 2.18. The van der Waals surface area contributed by atoms with E-state index in [-0.39, 0.29) is 23.5 Å². The molecule has 2 aromatic heterocycles. The normalized spacial score (nSPS) is 14.9. The Morgan fingerprint density at radius 2 is 1.85 bits per heavy atom. The number of benzene rings is 1. The number of hydrogen-bond donors (Lipinski definition) is 0. The molecule has 11 heteroatoms. The largest absolute Gasteiger partial charge is 0.459 e. The fourth-order valence-electron chi connectivity index (χ4n) is 3.44. The first-order chi connectivity index (χ1) is 15.8. The molecule has 0 radical (unpaired) electrons. The highest BCUT2D eigenvalue weighted by Gasteiger charge is 2.26. The lowest BCUT2D eigenvalue weighted by atomic mass is 10.1. The molecule has 3 heterocycles. The molecule has 9 nitrogen and oxygen atoms in total. The second kappa shape index (κ2) is 10.1. The minimum absolute atomic E-state index is 0.0998. The first-order valence-corrected chi connectivity index (χ1v) is 12.6. The number of fused-ring (bicyclic) bond motifs is 1. The maximum Gasteiger partial charge on any atom is 0.306 e. The molecule has 0 N–H and O–H groups in total. The molecule has 3 aromatic rings. The number of carbonyl (C=O) groups excluding carboxylic acids is 1. The van der Waals surface area contributed by atoms with Gasteiger partial charge in [0.1, 0.15) is 12.3 Å². The highest BCUT2D eigenvalue weighted by molar-refractivity contribution is 9.10. The molecule has 1 aliphatic heterocycles. The molecule has 0 saturated carbocycles. The summed E-state index contributed by atoms with van der Waals surface area (Å²) in [7, 11) is -3.55. The van der Waals surface area contributed by atoms with Crippen molar-refractivity contribution in [2.75, 3.05) is 26.3 Å². The van der Waals surface area contributed by atoms with E-state index in [9.17, 15) is 18.0 Å². The summed E-state index contributed by atoms with van der Waals surface area (Å²) >= 11 is 3.31. The van der Waals surface area contributed by atoms with Gasteiger partial charge in [0.15, 0.2) is 0 Å². The average Bonchev–Trinajstić information content (AvgIpc) is 2.82. The Morgan fingerprint density at radius 1 is 1.12 bits per heavy atom. The van der Waals surface area contributed by atoms with Gasteiger partial charge in [-0.05, 0) is 52.2 Å². The van der Waals surface area contributed by atoms with Gasteiger partial charge in [0.25, 0.3) is 5.56 Å². The summed E-state index contributed by atoms with van der Waals surface area (Å²) in [6.07, 6.45) is 2.14. The Labute approximate surface area is 199 Å². The van der Waals surface area contributed by atoms with Gasteiger partial charge in [-0.3, -0.25) is 14.0 Å². The molecule has 4 rings (SSSR count). The van der Waals surface area contributed by atoms with Crippen LogP contribution in [-0.2, 0) is 37.3 Å². The Morgan fingerprint density at radius 3 is 2.58 bits per heavy atom. The van der Waals surface area contributed by atoms with Gasteiger partial charge in [-0.2, -0.15) is 4.31 Å². The number of ether oxygens (including phenoxy) is 2. The summed E-state index contributed by atoms with van der Waals surface area (Å²) in [5.41, 5.74) is 1.39. The van der Waals surface area contributed by atoms with E-state index in [1.807, 2.05) is 0 Å². The Hall–Kier alpha value is -2.60. The van der Waals surface area contributed by atoms with Crippen LogP contribution < -0.4 is 5.56 Å². The smallest absolute Gasteiger partial charge is 0.306 e. The lowest BCUT2D eigenvalue weighted by Gasteiger charge is -2.26. The van der Waals surface area contributed by atoms with Crippen molar-refractivity contribution >= 4 is 37.6 Å². The van der Waals surface area contributed by atoms with Gasteiger partial charge in [0.05, 0.1) is 23.8 Å². The zero-order chi connectivity index (χ0) is 23.4. The van der Waals surface area contributed by atoms with E-state index in [0.717, 1.165) is 10.0 Å². The third-order valence-electron chi connectivity index (χ3n) is 5.21. The summed E-state index contributed by atoms with van der Waals surface area (Å²) in [6.45, 7) is 1.36. The molecule has 1 aliphatic rings. The first kappa shape index (κ1) is 23.6. The maximum absolute atomic E-state index is 12.7. The Kier molecular flexibility index (Phi) is 7.23. The number of aryl methyl sites for hydroxylation is 1. The number of morpholine rings is 1. The molecule has 1 fully saturated rings. The number of hydrogen-bond acceptors (Lipinski definition) is 7. The van der Waals surface area contributed by atoms with E-state index in [0.29, 0.717) is 44.1 Å². The van der Waals surface area contributed by atoms with Crippen molar-refractivity contribution in [2.45, 2.75) is 24.3 Å². The molecular formula is C22H22BrN3O6S. The van der Waals surface area contributed by atoms with Crippen LogP contribution in [0, 0.1) is 0 Å². The van der Waals surface area contributed by atoms with Crippen molar-refractivity contribution in [3.8, 4) is 0 Å². The van der Waals surface area contributed by atoms with Gasteiger partial charge in [-0.25, -0.2) is 13.4 Å². The lowest BCUT2D eigenvalue weighted by molar-refractivity contribution is -0.145. The number of pyridine rings is 1. The first-order valence-electron chi connectivity index (χ1n) is 10.3. The molecule has 33 heavy (non-hydrogen) atoms. The van der Waals surface area contributed by atoms with Crippen LogP contribution in [0.15, 0.2) is 62.8 Å². The van der Waals surface area contributed by atoms with Crippen LogP contribution in [-0.4, -0.2) is 54.4 Å². The third kappa shape index (κ3) is 5.67. The summed E-state index contributed by atoms with van der Waals surface area (Å²) in [4.78, 5) is 28.9. The van der Waals surface area contributed by atoms with Crippen molar-refractivity contribution in [1.82, 2.24) is 13.7 Å². The SMILES string of the molecule is O=C(CCc1ccc(S(=O)(=O)N2CCOCC2)cc1)OCc1cc(=O)n2cc(Br)ccc2n1. The summed E-state index contributed by atoms with van der Waals surface area (Å²) in [5, 5.41) is 0. The standard InChI is InChI=1S/C22H22BrN3O6S/c23-17-4-7-20-24-18(13-21(27)26(20)14-17)15-32-22(28)8-3-16-1-5-19(6-2-16)33(29,30)25-9-11-31-12-10-25/h1-2,4-7,13-14H,3,8-12,15H2. The molecular weight excluding hydrogens is 514 g/mol. The molecule has 0 unspecified atom stereocenters. The molecule has 1 saturated heterocycles. The van der Waals surface area contributed by atoms with Crippen LogP contribution in [0.2, 0.25) is 0 Å². The number of aromatic nitrogens is 2. The van der Waals surface area contributed by atoms with Crippen molar-refractivity contribution in [3.05, 3.63) is 74.7 Å². The summed E-state index contributed by atoms with van der Waals surface area (Å²) < 4.78 is 39.4. The molecule has 1 aromatic carbocycles. The van der Waals surface area contributed by atoms with Crippen molar-refractivity contribution < 1.29 is 22.7 Å². The second-order valence-corrected chi connectivity index (χ2v) is 10.3. The van der Waals surface area contributed by atoms with E-state index in [4.69, 9.17) is 9.47 Å². The average molecular weight is 536 g/mol. The topological polar surface area (TPSA) is 107 Å².